The van der Waals surface area contributed by atoms with Gasteiger partial charge >= 0.3 is 0 Å². The van der Waals surface area contributed by atoms with Crippen molar-refractivity contribution in [2.24, 2.45) is 0 Å². The molecule has 0 fully saturated rings. The highest BCUT2D eigenvalue weighted by atomic mass is 19.1. The van der Waals surface area contributed by atoms with Crippen molar-refractivity contribution in [3.63, 3.8) is 0 Å². The summed E-state index contributed by atoms with van der Waals surface area (Å²) in [6, 6.07) is 14.2. The second-order valence-corrected chi connectivity index (χ2v) is 5.15. The normalized spacial score (nSPS) is 10.3. The van der Waals surface area contributed by atoms with Gasteiger partial charge in [0.1, 0.15) is 11.6 Å². The van der Waals surface area contributed by atoms with Gasteiger partial charge in [0.15, 0.2) is 0 Å². The quantitative estimate of drug-likeness (QED) is 0.735. The molecule has 0 aromatic heterocycles. The van der Waals surface area contributed by atoms with E-state index in [-0.39, 0.29) is 24.8 Å². The molecule has 0 saturated heterocycles. The van der Waals surface area contributed by atoms with Gasteiger partial charge in [0, 0.05) is 12.1 Å². The number of halogens is 1. The Balaban J connectivity index is 1.66. The van der Waals surface area contributed by atoms with E-state index in [1.165, 1.54) is 6.07 Å². The summed E-state index contributed by atoms with van der Waals surface area (Å²) >= 11 is 0. The van der Waals surface area contributed by atoms with E-state index in [9.17, 15) is 9.18 Å². The van der Waals surface area contributed by atoms with Crippen LogP contribution in [0.3, 0.4) is 0 Å². The fourth-order valence-electron chi connectivity index (χ4n) is 2.16. The Morgan fingerprint density at radius 3 is 2.78 bits per heavy atom. The molecule has 0 saturated carbocycles. The largest absolute Gasteiger partial charge is 0.497 e. The number of carbonyl (C=O) groups excluding carboxylic acids is 1. The highest BCUT2D eigenvalue weighted by molar-refractivity contribution is 5.77. The predicted octanol–water partition coefficient (Wildman–Crippen LogP) is 2.28. The first-order valence-electron chi connectivity index (χ1n) is 7.53. The Labute approximate surface area is 135 Å². The summed E-state index contributed by atoms with van der Waals surface area (Å²) < 4.78 is 18.6. The molecule has 1 amide bonds. The molecule has 2 N–H and O–H groups in total. The zero-order valence-corrected chi connectivity index (χ0v) is 13.1. The van der Waals surface area contributed by atoms with E-state index < -0.39 is 0 Å². The first-order chi connectivity index (χ1) is 11.2. The van der Waals surface area contributed by atoms with Gasteiger partial charge in [-0.3, -0.25) is 4.79 Å². The van der Waals surface area contributed by atoms with Crippen LogP contribution in [0.5, 0.6) is 5.75 Å². The Morgan fingerprint density at radius 2 is 2.00 bits per heavy atom. The van der Waals surface area contributed by atoms with Crippen molar-refractivity contribution in [3.8, 4) is 5.75 Å². The third-order valence-corrected chi connectivity index (χ3v) is 3.44. The maximum Gasteiger partial charge on any atom is 0.234 e. The van der Waals surface area contributed by atoms with Crippen molar-refractivity contribution in [2.75, 3.05) is 20.2 Å². The van der Waals surface area contributed by atoms with Crippen LogP contribution in [0.4, 0.5) is 4.39 Å². The molecule has 0 unspecified atom stereocenters. The third-order valence-electron chi connectivity index (χ3n) is 3.44. The lowest BCUT2D eigenvalue weighted by Gasteiger charge is -2.08. The van der Waals surface area contributed by atoms with E-state index >= 15 is 0 Å². The summed E-state index contributed by atoms with van der Waals surface area (Å²) in [6.07, 6.45) is 0.803. The van der Waals surface area contributed by atoms with Gasteiger partial charge in [-0.05, 0) is 36.7 Å². The molecule has 2 rings (SSSR count). The third kappa shape index (κ3) is 5.71. The standard InChI is InChI=1S/C18H21FN2O2/c1-23-16-7-4-5-14(11-16)9-10-20-13-18(22)21-12-15-6-2-3-8-17(15)19/h2-8,11,20H,9-10,12-13H2,1H3,(H,21,22). The van der Waals surface area contributed by atoms with Gasteiger partial charge in [-0.2, -0.15) is 0 Å². The summed E-state index contributed by atoms with van der Waals surface area (Å²) in [5, 5.41) is 5.77. The number of ether oxygens (including phenoxy) is 1. The maximum absolute atomic E-state index is 13.4. The van der Waals surface area contributed by atoms with Crippen molar-refractivity contribution < 1.29 is 13.9 Å². The lowest BCUT2D eigenvalue weighted by molar-refractivity contribution is -0.120. The molecule has 0 atom stereocenters. The van der Waals surface area contributed by atoms with Crippen LogP contribution >= 0.6 is 0 Å². The van der Waals surface area contributed by atoms with Crippen molar-refractivity contribution in [2.45, 2.75) is 13.0 Å². The van der Waals surface area contributed by atoms with Crippen LogP contribution in [0, 0.1) is 5.82 Å². The molecular weight excluding hydrogens is 295 g/mol. The zero-order chi connectivity index (χ0) is 16.5. The van der Waals surface area contributed by atoms with Crippen LogP contribution in [0.15, 0.2) is 48.5 Å². The minimum atomic E-state index is -0.307. The van der Waals surface area contributed by atoms with Gasteiger partial charge in [0.25, 0.3) is 0 Å². The topological polar surface area (TPSA) is 50.4 Å². The zero-order valence-electron chi connectivity index (χ0n) is 13.1. The summed E-state index contributed by atoms with van der Waals surface area (Å²) in [7, 11) is 1.64. The summed E-state index contributed by atoms with van der Waals surface area (Å²) in [6.45, 7) is 1.09. The van der Waals surface area contributed by atoms with Crippen molar-refractivity contribution >= 4 is 5.91 Å². The molecule has 122 valence electrons. The van der Waals surface area contributed by atoms with Gasteiger partial charge in [0.05, 0.1) is 13.7 Å². The molecule has 0 radical (unpaired) electrons. The number of hydrogen-bond acceptors (Lipinski definition) is 3. The van der Waals surface area contributed by atoms with Crippen LogP contribution in [-0.4, -0.2) is 26.1 Å². The molecule has 0 bridgehead atoms. The average Bonchev–Trinajstić information content (AvgIpc) is 2.58. The van der Waals surface area contributed by atoms with Crippen LogP contribution in [0.1, 0.15) is 11.1 Å². The predicted molar refractivity (Wildman–Crippen MR) is 87.8 cm³/mol. The number of carbonyl (C=O) groups is 1. The smallest absolute Gasteiger partial charge is 0.234 e. The Hall–Kier alpha value is -2.40. The fraction of sp³-hybridized carbons (Fsp3) is 0.278. The van der Waals surface area contributed by atoms with Gasteiger partial charge < -0.3 is 15.4 Å². The molecule has 0 heterocycles. The number of benzene rings is 2. The first-order valence-corrected chi connectivity index (χ1v) is 7.53. The molecule has 4 nitrogen and oxygen atoms in total. The molecule has 23 heavy (non-hydrogen) atoms. The van der Waals surface area contributed by atoms with E-state index in [1.807, 2.05) is 24.3 Å². The van der Waals surface area contributed by atoms with Crippen LogP contribution in [0.2, 0.25) is 0 Å². The lowest BCUT2D eigenvalue weighted by atomic mass is 10.1. The van der Waals surface area contributed by atoms with Crippen LogP contribution in [0.25, 0.3) is 0 Å². The number of methoxy groups -OCH3 is 1. The van der Waals surface area contributed by atoms with E-state index in [0.717, 1.165) is 17.7 Å². The Kier molecular flexibility index (Phi) is 6.56. The number of hydrogen-bond donors (Lipinski definition) is 2. The molecule has 0 aliphatic carbocycles. The highest BCUT2D eigenvalue weighted by Crippen LogP contribution is 2.12. The summed E-state index contributed by atoms with van der Waals surface area (Å²) in [5.74, 6) is 0.364. The van der Waals surface area contributed by atoms with Gasteiger partial charge in [-0.15, -0.1) is 0 Å². The van der Waals surface area contributed by atoms with Crippen LogP contribution in [-0.2, 0) is 17.8 Å². The summed E-state index contributed by atoms with van der Waals surface area (Å²) in [4.78, 5) is 11.7. The minimum Gasteiger partial charge on any atom is -0.497 e. The first kappa shape index (κ1) is 17.0. The monoisotopic (exact) mass is 316 g/mol. The molecule has 2 aromatic rings. The Bertz CT molecular complexity index is 646. The van der Waals surface area contributed by atoms with Crippen LogP contribution < -0.4 is 15.4 Å². The number of nitrogens with one attached hydrogen (secondary N) is 2. The number of amides is 1. The van der Waals surface area contributed by atoms with E-state index in [0.29, 0.717) is 12.1 Å². The van der Waals surface area contributed by atoms with E-state index in [1.54, 1.807) is 25.3 Å². The second kappa shape index (κ2) is 8.90. The van der Waals surface area contributed by atoms with E-state index in [4.69, 9.17) is 4.74 Å². The minimum absolute atomic E-state index is 0.154. The SMILES string of the molecule is COc1cccc(CCNCC(=O)NCc2ccccc2F)c1. The van der Waals surface area contributed by atoms with Crippen molar-refractivity contribution in [1.29, 1.82) is 0 Å². The highest BCUT2D eigenvalue weighted by Gasteiger charge is 2.04. The van der Waals surface area contributed by atoms with E-state index in [2.05, 4.69) is 10.6 Å². The van der Waals surface area contributed by atoms with Crippen molar-refractivity contribution in [1.82, 2.24) is 10.6 Å². The fourth-order valence-corrected chi connectivity index (χ4v) is 2.16. The maximum atomic E-state index is 13.4. The number of rotatable bonds is 8. The molecule has 0 aliphatic heterocycles. The molecule has 2 aromatic carbocycles. The molecular formula is C18H21FN2O2. The lowest BCUT2D eigenvalue weighted by Crippen LogP contribution is -2.34. The van der Waals surface area contributed by atoms with Gasteiger partial charge in [-0.25, -0.2) is 4.39 Å². The summed E-state index contributed by atoms with van der Waals surface area (Å²) in [5.41, 5.74) is 1.63. The Morgan fingerprint density at radius 1 is 1.17 bits per heavy atom. The van der Waals surface area contributed by atoms with Gasteiger partial charge in [0.2, 0.25) is 5.91 Å². The molecule has 5 heteroatoms. The average molecular weight is 316 g/mol. The van der Waals surface area contributed by atoms with Crippen molar-refractivity contribution in [3.05, 3.63) is 65.5 Å². The second-order valence-electron chi connectivity index (χ2n) is 5.15. The molecule has 0 aliphatic rings. The van der Waals surface area contributed by atoms with Gasteiger partial charge in [-0.1, -0.05) is 30.3 Å². The molecule has 0 spiro atoms.